The number of allylic oxidation sites excluding steroid dienone is 2. The highest BCUT2D eigenvalue weighted by molar-refractivity contribution is 5.60. The fourth-order valence-electron chi connectivity index (χ4n) is 0.992. The minimum Gasteiger partial charge on any atom is -0.345 e. The van der Waals surface area contributed by atoms with Crippen molar-refractivity contribution >= 4 is 6.29 Å². The summed E-state index contributed by atoms with van der Waals surface area (Å²) in [6, 6.07) is 0. The van der Waals surface area contributed by atoms with Crippen LogP contribution in [-0.4, -0.2) is 19.3 Å². The molecule has 0 aromatic carbocycles. The summed E-state index contributed by atoms with van der Waals surface area (Å²) in [5.74, 6) is -4.14. The normalized spacial score (nSPS) is 34.6. The zero-order valence-corrected chi connectivity index (χ0v) is 6.46. The Balaban J connectivity index is 2.96. The summed E-state index contributed by atoms with van der Waals surface area (Å²) in [4.78, 5) is 10.3. The second kappa shape index (κ2) is 3.15. The molecule has 12 heavy (non-hydrogen) atoms. The van der Waals surface area contributed by atoms with E-state index in [1.807, 2.05) is 0 Å². The highest BCUT2D eigenvalue weighted by Crippen LogP contribution is 2.30. The molecular formula is C8H8F2O2. The van der Waals surface area contributed by atoms with Crippen LogP contribution in [0.15, 0.2) is 24.1 Å². The number of hydrogen-bond acceptors (Lipinski definition) is 2. The Labute approximate surface area is 68.5 Å². The van der Waals surface area contributed by atoms with Gasteiger partial charge in [0.15, 0.2) is 0 Å². The summed E-state index contributed by atoms with van der Waals surface area (Å²) in [5, 5.41) is 0. The van der Waals surface area contributed by atoms with Crippen molar-refractivity contribution < 1.29 is 18.3 Å². The number of alkyl halides is 1. The van der Waals surface area contributed by atoms with E-state index in [4.69, 9.17) is 0 Å². The number of methoxy groups -OCH3 is 1. The van der Waals surface area contributed by atoms with Gasteiger partial charge in [0.2, 0.25) is 5.85 Å². The fraction of sp³-hybridized carbons (Fsp3) is 0.375. The third-order valence-electron chi connectivity index (χ3n) is 1.71. The first-order valence-electron chi connectivity index (χ1n) is 3.38. The molecule has 0 saturated heterocycles. The predicted octanol–water partition coefficient (Wildman–Crippen LogP) is 1.54. The first-order valence-corrected chi connectivity index (χ1v) is 3.38. The standard InChI is InChI=1S/C8H8F2O2/c1-12-8(10)4-7(9)3-2-6(8)5-11/h2-6H,1H3. The third-order valence-corrected chi connectivity index (χ3v) is 1.71. The van der Waals surface area contributed by atoms with Gasteiger partial charge < -0.3 is 9.53 Å². The zero-order valence-electron chi connectivity index (χ0n) is 6.46. The first kappa shape index (κ1) is 9.06. The molecule has 0 amide bonds. The van der Waals surface area contributed by atoms with E-state index < -0.39 is 17.6 Å². The average molecular weight is 174 g/mol. The van der Waals surface area contributed by atoms with Gasteiger partial charge in [0.05, 0.1) is 5.92 Å². The van der Waals surface area contributed by atoms with Crippen molar-refractivity contribution in [2.75, 3.05) is 7.11 Å². The van der Waals surface area contributed by atoms with Crippen molar-refractivity contribution in [3.63, 3.8) is 0 Å². The van der Waals surface area contributed by atoms with E-state index in [9.17, 15) is 13.6 Å². The van der Waals surface area contributed by atoms with Gasteiger partial charge in [0, 0.05) is 13.2 Å². The van der Waals surface area contributed by atoms with Gasteiger partial charge in [-0.1, -0.05) is 6.08 Å². The number of hydrogen-bond donors (Lipinski definition) is 0. The van der Waals surface area contributed by atoms with Crippen molar-refractivity contribution in [3.8, 4) is 0 Å². The molecule has 0 fully saturated rings. The summed E-state index contributed by atoms with van der Waals surface area (Å²) >= 11 is 0. The van der Waals surface area contributed by atoms with E-state index in [2.05, 4.69) is 4.74 Å². The second-order valence-corrected chi connectivity index (χ2v) is 2.45. The molecule has 0 radical (unpaired) electrons. The number of carbonyl (C=O) groups is 1. The van der Waals surface area contributed by atoms with Crippen LogP contribution in [0.4, 0.5) is 8.78 Å². The van der Waals surface area contributed by atoms with E-state index in [0.29, 0.717) is 12.4 Å². The Morgan fingerprint density at radius 2 is 2.42 bits per heavy atom. The molecule has 1 aliphatic rings. The lowest BCUT2D eigenvalue weighted by molar-refractivity contribution is -0.135. The molecule has 0 spiro atoms. The van der Waals surface area contributed by atoms with Crippen LogP contribution < -0.4 is 0 Å². The van der Waals surface area contributed by atoms with Gasteiger partial charge in [0.1, 0.15) is 12.1 Å². The lowest BCUT2D eigenvalue weighted by Crippen LogP contribution is -2.34. The van der Waals surface area contributed by atoms with Gasteiger partial charge in [-0.05, 0) is 6.08 Å². The molecular weight excluding hydrogens is 166 g/mol. The molecule has 0 heterocycles. The summed E-state index contributed by atoms with van der Waals surface area (Å²) in [6.45, 7) is 0. The van der Waals surface area contributed by atoms with Gasteiger partial charge in [-0.25, -0.2) is 8.78 Å². The van der Waals surface area contributed by atoms with E-state index in [0.717, 1.165) is 19.3 Å². The Morgan fingerprint density at radius 1 is 1.75 bits per heavy atom. The highest BCUT2D eigenvalue weighted by atomic mass is 19.2. The molecule has 2 nitrogen and oxygen atoms in total. The molecule has 2 atom stereocenters. The zero-order chi connectivity index (χ0) is 9.19. The third kappa shape index (κ3) is 1.43. The van der Waals surface area contributed by atoms with Crippen LogP contribution in [0.3, 0.4) is 0 Å². The van der Waals surface area contributed by atoms with Crippen LogP contribution in [0.5, 0.6) is 0 Å². The predicted molar refractivity (Wildman–Crippen MR) is 38.7 cm³/mol. The molecule has 4 heteroatoms. The van der Waals surface area contributed by atoms with Crippen molar-refractivity contribution in [1.29, 1.82) is 0 Å². The van der Waals surface area contributed by atoms with Crippen LogP contribution in [0.2, 0.25) is 0 Å². The van der Waals surface area contributed by atoms with E-state index in [1.54, 1.807) is 0 Å². The minimum atomic E-state index is -2.33. The van der Waals surface area contributed by atoms with Crippen LogP contribution >= 0.6 is 0 Å². The molecule has 0 aliphatic heterocycles. The molecule has 2 unspecified atom stereocenters. The van der Waals surface area contributed by atoms with Gasteiger partial charge in [-0.15, -0.1) is 0 Å². The number of carbonyl (C=O) groups excluding carboxylic acids is 1. The van der Waals surface area contributed by atoms with Crippen molar-refractivity contribution in [3.05, 3.63) is 24.1 Å². The number of halogens is 2. The van der Waals surface area contributed by atoms with Gasteiger partial charge in [0.25, 0.3) is 0 Å². The van der Waals surface area contributed by atoms with Crippen molar-refractivity contribution in [2.45, 2.75) is 5.85 Å². The van der Waals surface area contributed by atoms with Crippen LogP contribution in [0.25, 0.3) is 0 Å². The van der Waals surface area contributed by atoms with Crippen LogP contribution in [-0.2, 0) is 9.53 Å². The number of aldehydes is 1. The summed E-state index contributed by atoms with van der Waals surface area (Å²) < 4.78 is 30.3. The number of ether oxygens (including phenoxy) is 1. The molecule has 0 bridgehead atoms. The van der Waals surface area contributed by atoms with Crippen molar-refractivity contribution in [2.24, 2.45) is 5.92 Å². The van der Waals surface area contributed by atoms with Gasteiger partial charge in [-0.3, -0.25) is 0 Å². The molecule has 0 aromatic heterocycles. The summed E-state index contributed by atoms with van der Waals surface area (Å²) in [5.41, 5.74) is 0. The summed E-state index contributed by atoms with van der Waals surface area (Å²) in [7, 11) is 1.08. The molecule has 0 aromatic rings. The average Bonchev–Trinajstić information content (AvgIpc) is 2.05. The largest absolute Gasteiger partial charge is 0.345 e. The maximum atomic E-state index is 13.4. The topological polar surface area (TPSA) is 26.3 Å². The Kier molecular flexibility index (Phi) is 2.38. The van der Waals surface area contributed by atoms with Crippen LogP contribution in [0, 0.1) is 5.92 Å². The minimum absolute atomic E-state index is 0.378. The Hall–Kier alpha value is -1.03. The molecule has 0 N–H and O–H groups in total. The number of rotatable bonds is 2. The molecule has 66 valence electrons. The molecule has 1 aliphatic carbocycles. The molecule has 1 rings (SSSR count). The highest BCUT2D eigenvalue weighted by Gasteiger charge is 2.38. The lowest BCUT2D eigenvalue weighted by Gasteiger charge is -2.25. The van der Waals surface area contributed by atoms with Crippen LogP contribution in [0.1, 0.15) is 0 Å². The quantitative estimate of drug-likeness (QED) is 0.593. The van der Waals surface area contributed by atoms with Crippen molar-refractivity contribution in [1.82, 2.24) is 0 Å². The van der Waals surface area contributed by atoms with E-state index in [1.165, 1.54) is 0 Å². The van der Waals surface area contributed by atoms with E-state index in [-0.39, 0.29) is 0 Å². The fourth-order valence-corrected chi connectivity index (χ4v) is 0.992. The Morgan fingerprint density at radius 3 is 2.92 bits per heavy atom. The smallest absolute Gasteiger partial charge is 0.244 e. The van der Waals surface area contributed by atoms with Gasteiger partial charge in [-0.2, -0.15) is 0 Å². The lowest BCUT2D eigenvalue weighted by atomic mass is 9.96. The second-order valence-electron chi connectivity index (χ2n) is 2.45. The first-order chi connectivity index (χ1) is 5.62. The monoisotopic (exact) mass is 174 g/mol. The van der Waals surface area contributed by atoms with Gasteiger partial charge >= 0.3 is 0 Å². The summed E-state index contributed by atoms with van der Waals surface area (Å²) in [6.07, 6.45) is 3.19. The molecule has 0 saturated carbocycles. The van der Waals surface area contributed by atoms with E-state index >= 15 is 0 Å². The maximum absolute atomic E-state index is 13.4. The Bertz CT molecular complexity index is 247. The SMILES string of the molecule is COC1(F)C=C(F)C=CC1C=O. The maximum Gasteiger partial charge on any atom is 0.244 e.